The van der Waals surface area contributed by atoms with Crippen LogP contribution in [0.25, 0.3) is 5.65 Å². The molecule has 8 nitrogen and oxygen atoms in total. The molecule has 1 aromatic carbocycles. The summed E-state index contributed by atoms with van der Waals surface area (Å²) in [6, 6.07) is 9.87. The van der Waals surface area contributed by atoms with Gasteiger partial charge in [-0.25, -0.2) is 8.42 Å². The van der Waals surface area contributed by atoms with Gasteiger partial charge in [0.15, 0.2) is 5.65 Å². The summed E-state index contributed by atoms with van der Waals surface area (Å²) >= 11 is 0. The van der Waals surface area contributed by atoms with E-state index in [-0.39, 0.29) is 11.5 Å². The first kappa shape index (κ1) is 17.9. The second-order valence-corrected chi connectivity index (χ2v) is 7.48. The van der Waals surface area contributed by atoms with Crippen LogP contribution in [0.1, 0.15) is 12.5 Å². The zero-order valence-corrected chi connectivity index (χ0v) is 15.2. The van der Waals surface area contributed by atoms with Crippen LogP contribution in [0.5, 0.6) is 0 Å². The number of ether oxygens (including phenoxy) is 1. The number of fused-ring (bicyclic) bond motifs is 1. The van der Waals surface area contributed by atoms with E-state index in [4.69, 9.17) is 4.74 Å². The molecule has 0 unspecified atom stereocenters. The lowest BCUT2D eigenvalue weighted by molar-refractivity contribution is -0.141. The summed E-state index contributed by atoms with van der Waals surface area (Å²) in [5, 5.41) is 7.60. The zero-order valence-electron chi connectivity index (χ0n) is 14.4. The maximum atomic E-state index is 13.2. The molecule has 0 N–H and O–H groups in total. The highest BCUT2D eigenvalue weighted by atomic mass is 32.2. The molecule has 26 heavy (non-hydrogen) atoms. The zero-order chi connectivity index (χ0) is 18.7. The quantitative estimate of drug-likeness (QED) is 0.611. The Hall–Kier alpha value is -2.94. The lowest BCUT2D eigenvalue weighted by Crippen LogP contribution is -2.36. The molecule has 136 valence electrons. The molecule has 0 aliphatic heterocycles. The van der Waals surface area contributed by atoms with Gasteiger partial charge < -0.3 is 4.74 Å². The Morgan fingerprint density at radius 3 is 2.62 bits per heavy atom. The Balaban J connectivity index is 2.05. The van der Waals surface area contributed by atoms with E-state index in [2.05, 4.69) is 10.2 Å². The van der Waals surface area contributed by atoms with E-state index in [1.807, 2.05) is 6.92 Å². The number of hydrogen-bond donors (Lipinski definition) is 0. The van der Waals surface area contributed by atoms with Gasteiger partial charge in [-0.05, 0) is 38.1 Å². The molecule has 2 heterocycles. The average molecular weight is 374 g/mol. The fourth-order valence-electron chi connectivity index (χ4n) is 2.44. The van der Waals surface area contributed by atoms with E-state index in [0.29, 0.717) is 11.3 Å². The number of anilines is 1. The summed E-state index contributed by atoms with van der Waals surface area (Å²) in [6.07, 6.45) is 2.83. The minimum atomic E-state index is -3.99. The van der Waals surface area contributed by atoms with E-state index < -0.39 is 22.5 Å². The van der Waals surface area contributed by atoms with Crippen LogP contribution < -0.4 is 4.31 Å². The number of benzene rings is 1. The molecule has 0 fully saturated rings. The van der Waals surface area contributed by atoms with Crippen LogP contribution in [0.3, 0.4) is 0 Å². The number of nitrogens with zero attached hydrogens (tertiary/aromatic N) is 4. The molecule has 0 atom stereocenters. The summed E-state index contributed by atoms with van der Waals surface area (Å²) in [5.41, 5.74) is 1.89. The van der Waals surface area contributed by atoms with Gasteiger partial charge in [0, 0.05) is 6.20 Å². The van der Waals surface area contributed by atoms with Crippen molar-refractivity contribution in [1.29, 1.82) is 0 Å². The Morgan fingerprint density at radius 1 is 1.19 bits per heavy atom. The fourth-order valence-corrected chi connectivity index (χ4v) is 3.85. The van der Waals surface area contributed by atoms with Crippen LogP contribution in [-0.4, -0.2) is 42.1 Å². The Morgan fingerprint density at radius 2 is 1.92 bits per heavy atom. The van der Waals surface area contributed by atoms with Gasteiger partial charge in [-0.3, -0.25) is 13.5 Å². The molecule has 0 saturated heterocycles. The normalized spacial score (nSPS) is 11.5. The SMILES string of the molecule is CCOC(=O)CN(c1ccc(C)cc1)S(=O)(=O)c1ccc2nncn2c1. The van der Waals surface area contributed by atoms with Crippen molar-refractivity contribution in [3.8, 4) is 0 Å². The Bertz CT molecular complexity index is 1030. The molecule has 2 aromatic heterocycles. The maximum Gasteiger partial charge on any atom is 0.326 e. The van der Waals surface area contributed by atoms with Gasteiger partial charge in [-0.1, -0.05) is 17.7 Å². The minimum absolute atomic E-state index is 0.0228. The fraction of sp³-hybridized carbons (Fsp3) is 0.235. The van der Waals surface area contributed by atoms with Crippen molar-refractivity contribution in [2.45, 2.75) is 18.7 Å². The Kier molecular flexibility index (Phi) is 4.90. The number of pyridine rings is 1. The first-order valence-electron chi connectivity index (χ1n) is 7.96. The van der Waals surface area contributed by atoms with Crippen molar-refractivity contribution in [3.63, 3.8) is 0 Å². The van der Waals surface area contributed by atoms with Gasteiger partial charge in [-0.2, -0.15) is 0 Å². The highest BCUT2D eigenvalue weighted by Gasteiger charge is 2.28. The summed E-state index contributed by atoms with van der Waals surface area (Å²) in [4.78, 5) is 12.0. The molecule has 9 heteroatoms. The van der Waals surface area contributed by atoms with Gasteiger partial charge >= 0.3 is 5.97 Å². The first-order chi connectivity index (χ1) is 12.4. The van der Waals surface area contributed by atoms with Crippen molar-refractivity contribution in [1.82, 2.24) is 14.6 Å². The summed E-state index contributed by atoms with van der Waals surface area (Å²) in [5.74, 6) is -0.623. The van der Waals surface area contributed by atoms with Gasteiger partial charge in [-0.15, -0.1) is 10.2 Å². The third kappa shape index (κ3) is 3.52. The number of esters is 1. The van der Waals surface area contributed by atoms with Crippen molar-refractivity contribution >= 4 is 27.3 Å². The number of aryl methyl sites for hydroxylation is 1. The topological polar surface area (TPSA) is 93.9 Å². The van der Waals surface area contributed by atoms with Crippen molar-refractivity contribution in [2.75, 3.05) is 17.5 Å². The number of carbonyl (C=O) groups excluding carboxylic acids is 1. The minimum Gasteiger partial charge on any atom is -0.465 e. The van der Waals surface area contributed by atoms with Crippen LogP contribution >= 0.6 is 0 Å². The number of carbonyl (C=O) groups is 1. The molecule has 0 radical (unpaired) electrons. The monoisotopic (exact) mass is 374 g/mol. The van der Waals surface area contributed by atoms with Gasteiger partial charge in [0.25, 0.3) is 10.0 Å². The van der Waals surface area contributed by atoms with Crippen LogP contribution in [0.15, 0.2) is 53.8 Å². The number of sulfonamides is 1. The number of hydrogen-bond acceptors (Lipinski definition) is 6. The van der Waals surface area contributed by atoms with Crippen molar-refractivity contribution in [3.05, 3.63) is 54.5 Å². The second kappa shape index (κ2) is 7.12. The Labute approximate surface area is 151 Å². The molecule has 3 rings (SSSR count). The highest BCUT2D eigenvalue weighted by Crippen LogP contribution is 2.24. The van der Waals surface area contributed by atoms with E-state index >= 15 is 0 Å². The summed E-state index contributed by atoms with van der Waals surface area (Å²) in [7, 11) is -3.99. The van der Waals surface area contributed by atoms with E-state index in [0.717, 1.165) is 9.87 Å². The molecule has 0 spiro atoms. The number of aromatic nitrogens is 3. The summed E-state index contributed by atoms with van der Waals surface area (Å²) in [6.45, 7) is 3.32. The van der Waals surface area contributed by atoms with E-state index in [1.165, 1.54) is 23.0 Å². The lowest BCUT2D eigenvalue weighted by Gasteiger charge is -2.23. The van der Waals surface area contributed by atoms with Crippen LogP contribution in [0.4, 0.5) is 5.69 Å². The lowest BCUT2D eigenvalue weighted by atomic mass is 10.2. The third-order valence-electron chi connectivity index (χ3n) is 3.75. The van der Waals surface area contributed by atoms with Gasteiger partial charge in [0.05, 0.1) is 12.3 Å². The van der Waals surface area contributed by atoms with Crippen LogP contribution in [0.2, 0.25) is 0 Å². The summed E-state index contributed by atoms with van der Waals surface area (Å²) < 4.78 is 33.9. The molecular formula is C17H18N4O4S. The predicted octanol–water partition coefficient (Wildman–Crippen LogP) is 1.80. The van der Waals surface area contributed by atoms with Crippen molar-refractivity contribution < 1.29 is 17.9 Å². The largest absolute Gasteiger partial charge is 0.465 e. The molecule has 0 bridgehead atoms. The molecule has 0 aliphatic carbocycles. The highest BCUT2D eigenvalue weighted by molar-refractivity contribution is 7.92. The average Bonchev–Trinajstić information content (AvgIpc) is 3.08. The molecule has 3 aromatic rings. The molecular weight excluding hydrogens is 356 g/mol. The van der Waals surface area contributed by atoms with Crippen LogP contribution in [0, 0.1) is 6.92 Å². The molecule has 0 saturated carbocycles. The standard InChI is InChI=1S/C17H18N4O4S/c1-3-25-17(22)11-21(14-6-4-13(2)5-7-14)26(23,24)15-8-9-16-19-18-12-20(16)10-15/h4-10,12H,3,11H2,1-2H3. The molecule has 0 amide bonds. The van der Waals surface area contributed by atoms with Crippen molar-refractivity contribution in [2.24, 2.45) is 0 Å². The first-order valence-corrected chi connectivity index (χ1v) is 9.40. The van der Waals surface area contributed by atoms with Gasteiger partial charge in [0.2, 0.25) is 0 Å². The van der Waals surface area contributed by atoms with Gasteiger partial charge in [0.1, 0.15) is 17.8 Å². The maximum absolute atomic E-state index is 13.2. The smallest absolute Gasteiger partial charge is 0.326 e. The van der Waals surface area contributed by atoms with E-state index in [9.17, 15) is 13.2 Å². The predicted molar refractivity (Wildman–Crippen MR) is 95.3 cm³/mol. The number of rotatable bonds is 6. The van der Waals surface area contributed by atoms with E-state index in [1.54, 1.807) is 37.3 Å². The second-order valence-electron chi connectivity index (χ2n) is 5.61. The molecule has 0 aliphatic rings. The third-order valence-corrected chi connectivity index (χ3v) is 5.51. The van der Waals surface area contributed by atoms with Crippen LogP contribution in [-0.2, 0) is 19.6 Å².